The molecule has 1 rings (SSSR count). The molecule has 0 unspecified atom stereocenters. The van der Waals surface area contributed by atoms with Gasteiger partial charge in [-0.25, -0.2) is 9.79 Å². The van der Waals surface area contributed by atoms with Crippen LogP contribution in [0.5, 0.6) is 5.75 Å². The molecular formula is C11H16ClN3O2. The van der Waals surface area contributed by atoms with Crippen molar-refractivity contribution >= 4 is 30.5 Å². The van der Waals surface area contributed by atoms with Crippen LogP contribution >= 0.6 is 12.4 Å². The van der Waals surface area contributed by atoms with Crippen LogP contribution in [0.2, 0.25) is 0 Å². The van der Waals surface area contributed by atoms with E-state index >= 15 is 0 Å². The van der Waals surface area contributed by atoms with Gasteiger partial charge in [-0.2, -0.15) is 0 Å². The molecule has 0 aliphatic heterocycles. The van der Waals surface area contributed by atoms with Crippen LogP contribution < -0.4 is 10.1 Å². The maximum atomic E-state index is 11.0. The maximum absolute atomic E-state index is 11.0. The summed E-state index contributed by atoms with van der Waals surface area (Å²) in [7, 11) is 5.28. The Kier molecular flexibility index (Phi) is 6.74. The predicted molar refractivity (Wildman–Crippen MR) is 70.6 cm³/mol. The Balaban J connectivity index is 0.00000256. The summed E-state index contributed by atoms with van der Waals surface area (Å²) in [6.07, 6.45) is 1.19. The van der Waals surface area contributed by atoms with Gasteiger partial charge in [0.15, 0.2) is 0 Å². The van der Waals surface area contributed by atoms with E-state index in [1.807, 2.05) is 25.1 Å². The smallest absolute Gasteiger partial charge is 0.410 e. The van der Waals surface area contributed by atoms with Crippen molar-refractivity contribution in [3.05, 3.63) is 24.3 Å². The van der Waals surface area contributed by atoms with Crippen molar-refractivity contribution < 1.29 is 9.53 Å². The molecule has 94 valence electrons. The molecule has 0 saturated carbocycles. The summed E-state index contributed by atoms with van der Waals surface area (Å²) in [5.41, 5.74) is 0.732. The van der Waals surface area contributed by atoms with E-state index in [2.05, 4.69) is 10.3 Å². The molecular weight excluding hydrogens is 242 g/mol. The lowest BCUT2D eigenvalue weighted by Crippen LogP contribution is -2.21. The Morgan fingerprint density at radius 2 is 2.18 bits per heavy atom. The van der Waals surface area contributed by atoms with Gasteiger partial charge in [0, 0.05) is 27.2 Å². The minimum Gasteiger partial charge on any atom is -0.410 e. The lowest BCUT2D eigenvalue weighted by Gasteiger charge is -2.05. The van der Waals surface area contributed by atoms with Gasteiger partial charge in [0.2, 0.25) is 0 Å². The lowest BCUT2D eigenvalue weighted by molar-refractivity contribution is 0.203. The highest BCUT2D eigenvalue weighted by molar-refractivity contribution is 5.85. The molecule has 1 amide bonds. The first-order valence-corrected chi connectivity index (χ1v) is 4.82. The van der Waals surface area contributed by atoms with Crippen molar-refractivity contribution in [2.45, 2.75) is 0 Å². The monoisotopic (exact) mass is 257 g/mol. The number of carbonyl (C=O) groups excluding carboxylic acids is 1. The largest absolute Gasteiger partial charge is 0.412 e. The van der Waals surface area contributed by atoms with Gasteiger partial charge < -0.3 is 15.0 Å². The highest BCUT2D eigenvalue weighted by Gasteiger charge is 2.01. The molecule has 0 bridgehead atoms. The molecule has 0 aliphatic carbocycles. The number of ether oxygens (including phenoxy) is 1. The van der Waals surface area contributed by atoms with Crippen molar-refractivity contribution in [3.8, 4) is 5.75 Å². The molecule has 0 saturated heterocycles. The molecule has 1 aromatic rings. The summed E-state index contributed by atoms with van der Waals surface area (Å²) >= 11 is 0. The fourth-order valence-corrected chi connectivity index (χ4v) is 0.968. The third kappa shape index (κ3) is 5.77. The second kappa shape index (κ2) is 7.51. The van der Waals surface area contributed by atoms with E-state index < -0.39 is 6.09 Å². The number of hydrogen-bond donors (Lipinski definition) is 1. The molecule has 0 atom stereocenters. The Bertz CT molecular complexity index is 394. The molecule has 0 spiro atoms. The number of benzene rings is 1. The summed E-state index contributed by atoms with van der Waals surface area (Å²) in [5, 5.41) is 2.38. The van der Waals surface area contributed by atoms with E-state index in [-0.39, 0.29) is 12.4 Å². The zero-order valence-corrected chi connectivity index (χ0v) is 10.8. The third-order valence-corrected chi connectivity index (χ3v) is 1.67. The van der Waals surface area contributed by atoms with Crippen molar-refractivity contribution in [1.29, 1.82) is 0 Å². The molecule has 0 aromatic heterocycles. The highest BCUT2D eigenvalue weighted by atomic mass is 35.5. The molecule has 0 heterocycles. The quantitative estimate of drug-likeness (QED) is 0.666. The summed E-state index contributed by atoms with van der Waals surface area (Å²) < 4.78 is 4.97. The zero-order chi connectivity index (χ0) is 12.0. The van der Waals surface area contributed by atoms with E-state index in [0.717, 1.165) is 5.69 Å². The first-order valence-electron chi connectivity index (χ1n) is 4.82. The average Bonchev–Trinajstić information content (AvgIpc) is 2.26. The minimum absolute atomic E-state index is 0. The Morgan fingerprint density at radius 3 is 2.76 bits per heavy atom. The van der Waals surface area contributed by atoms with Crippen LogP contribution in [-0.4, -0.2) is 38.5 Å². The van der Waals surface area contributed by atoms with Crippen LogP contribution in [0.15, 0.2) is 29.3 Å². The van der Waals surface area contributed by atoms with Gasteiger partial charge in [0.1, 0.15) is 5.75 Å². The van der Waals surface area contributed by atoms with E-state index in [1.165, 1.54) is 7.05 Å². The average molecular weight is 258 g/mol. The van der Waals surface area contributed by atoms with Gasteiger partial charge in [-0.15, -0.1) is 12.4 Å². The molecule has 5 nitrogen and oxygen atoms in total. The summed E-state index contributed by atoms with van der Waals surface area (Å²) in [4.78, 5) is 17.0. The first-order chi connectivity index (χ1) is 7.61. The summed E-state index contributed by atoms with van der Waals surface area (Å²) in [6.45, 7) is 0. The number of hydrogen-bond acceptors (Lipinski definition) is 3. The summed E-state index contributed by atoms with van der Waals surface area (Å²) in [5.74, 6) is 0.466. The van der Waals surface area contributed by atoms with Crippen LogP contribution in [0.25, 0.3) is 0 Å². The number of carbonyl (C=O) groups is 1. The number of amides is 1. The lowest BCUT2D eigenvalue weighted by atomic mass is 10.3. The fraction of sp³-hybridized carbons (Fsp3) is 0.273. The Labute approximate surface area is 107 Å². The highest BCUT2D eigenvalue weighted by Crippen LogP contribution is 2.19. The standard InChI is InChI=1S/C11H15N3O2.ClH/c1-12-11(15)16-10-6-4-5-9(7-10)13-8-14(2)3;/h4-8H,1-3H3,(H,12,15);1H/b13-8+;. The van der Waals surface area contributed by atoms with Crippen LogP contribution in [0.1, 0.15) is 0 Å². The van der Waals surface area contributed by atoms with Crippen LogP contribution in [-0.2, 0) is 0 Å². The number of nitrogens with one attached hydrogen (secondary N) is 1. The van der Waals surface area contributed by atoms with E-state index in [9.17, 15) is 4.79 Å². The Morgan fingerprint density at radius 1 is 1.47 bits per heavy atom. The molecule has 6 heteroatoms. The van der Waals surface area contributed by atoms with Crippen molar-refractivity contribution in [1.82, 2.24) is 10.2 Å². The molecule has 0 radical (unpaired) electrons. The van der Waals surface area contributed by atoms with Gasteiger partial charge in [-0.3, -0.25) is 0 Å². The first kappa shape index (κ1) is 15.2. The molecule has 0 fully saturated rings. The van der Waals surface area contributed by atoms with Crippen LogP contribution in [0.3, 0.4) is 0 Å². The van der Waals surface area contributed by atoms with Gasteiger partial charge in [0.25, 0.3) is 0 Å². The third-order valence-electron chi connectivity index (χ3n) is 1.67. The predicted octanol–water partition coefficient (Wildman–Crippen LogP) is 2.05. The number of aliphatic imine (C=N–C) groups is 1. The van der Waals surface area contributed by atoms with E-state index in [1.54, 1.807) is 24.5 Å². The minimum atomic E-state index is -0.492. The second-order valence-corrected chi connectivity index (χ2v) is 3.35. The molecule has 1 aromatic carbocycles. The molecule has 0 aliphatic rings. The summed E-state index contributed by atoms with van der Waals surface area (Å²) in [6, 6.07) is 7.00. The van der Waals surface area contributed by atoms with Gasteiger partial charge >= 0.3 is 6.09 Å². The number of halogens is 1. The topological polar surface area (TPSA) is 53.9 Å². The van der Waals surface area contributed by atoms with Crippen molar-refractivity contribution in [2.75, 3.05) is 21.1 Å². The normalized spacial score (nSPS) is 9.59. The van der Waals surface area contributed by atoms with Gasteiger partial charge in [0.05, 0.1) is 12.0 Å². The van der Waals surface area contributed by atoms with E-state index in [0.29, 0.717) is 5.75 Å². The fourth-order valence-electron chi connectivity index (χ4n) is 0.968. The van der Waals surface area contributed by atoms with Crippen molar-refractivity contribution in [3.63, 3.8) is 0 Å². The Hall–Kier alpha value is -1.75. The van der Waals surface area contributed by atoms with Gasteiger partial charge in [-0.05, 0) is 12.1 Å². The SMILES string of the molecule is CNC(=O)Oc1cccc(/N=C/N(C)C)c1.Cl. The molecule has 1 N–H and O–H groups in total. The van der Waals surface area contributed by atoms with E-state index in [4.69, 9.17) is 4.74 Å². The second-order valence-electron chi connectivity index (χ2n) is 3.35. The number of rotatable bonds is 3. The number of nitrogens with zero attached hydrogens (tertiary/aromatic N) is 2. The van der Waals surface area contributed by atoms with Gasteiger partial charge in [-0.1, -0.05) is 6.07 Å². The van der Waals surface area contributed by atoms with Crippen molar-refractivity contribution in [2.24, 2.45) is 4.99 Å². The van der Waals surface area contributed by atoms with Crippen LogP contribution in [0.4, 0.5) is 10.5 Å². The van der Waals surface area contributed by atoms with Crippen LogP contribution in [0, 0.1) is 0 Å². The zero-order valence-electron chi connectivity index (χ0n) is 10.0. The maximum Gasteiger partial charge on any atom is 0.412 e. The molecule has 17 heavy (non-hydrogen) atoms.